The van der Waals surface area contributed by atoms with Gasteiger partial charge in [0.1, 0.15) is 11.6 Å². The van der Waals surface area contributed by atoms with Crippen molar-refractivity contribution in [2.45, 2.75) is 39.9 Å². The maximum atomic E-state index is 12.5. The van der Waals surface area contributed by atoms with Crippen LogP contribution in [0.25, 0.3) is 0 Å². The number of anilines is 1. The van der Waals surface area contributed by atoms with Crippen molar-refractivity contribution in [2.24, 2.45) is 0 Å². The zero-order valence-electron chi connectivity index (χ0n) is 13.1. The first-order valence-electron chi connectivity index (χ1n) is 6.75. The van der Waals surface area contributed by atoms with Gasteiger partial charge in [-0.2, -0.15) is 18.3 Å². The largest absolute Gasteiger partial charge is 0.408 e. The van der Waals surface area contributed by atoms with Crippen LogP contribution in [0.3, 0.4) is 0 Å². The Balaban J connectivity index is 2.18. The van der Waals surface area contributed by atoms with Gasteiger partial charge < -0.3 is 0 Å². The fraction of sp³-hybridized carbons (Fsp3) is 0.538. The molecule has 0 fully saturated rings. The maximum Gasteiger partial charge on any atom is 0.408 e. The first-order chi connectivity index (χ1) is 10.6. The summed E-state index contributed by atoms with van der Waals surface area (Å²) in [6.07, 6.45) is -4.39. The van der Waals surface area contributed by atoms with Crippen molar-refractivity contribution in [1.29, 1.82) is 0 Å². The van der Waals surface area contributed by atoms with Crippen LogP contribution in [0, 0.1) is 20.8 Å². The summed E-state index contributed by atoms with van der Waals surface area (Å²) >= 11 is 1.27. The fourth-order valence-electron chi connectivity index (χ4n) is 2.11. The van der Waals surface area contributed by atoms with E-state index in [1.807, 2.05) is 0 Å². The van der Waals surface area contributed by atoms with E-state index in [9.17, 15) is 18.0 Å². The summed E-state index contributed by atoms with van der Waals surface area (Å²) in [4.78, 5) is 13.7. The summed E-state index contributed by atoms with van der Waals surface area (Å²) in [6.45, 7) is 3.73. The molecule has 2 heterocycles. The molecule has 0 radical (unpaired) electrons. The lowest BCUT2D eigenvalue weighted by atomic mass is 10.1. The molecule has 1 amide bonds. The number of hydrogen-bond donors (Lipinski definition) is 0. The molecule has 0 atom stereocenters. The van der Waals surface area contributed by atoms with Crippen LogP contribution < -0.4 is 4.90 Å². The first-order valence-corrected chi connectivity index (χ1v) is 7.56. The highest BCUT2D eigenvalue weighted by Gasteiger charge is 2.30. The van der Waals surface area contributed by atoms with E-state index in [2.05, 4.69) is 15.3 Å². The molecular weight excluding hydrogens is 331 g/mol. The Hall–Kier alpha value is -1.97. The second-order valence-electron chi connectivity index (χ2n) is 5.16. The van der Waals surface area contributed by atoms with Gasteiger partial charge >= 0.3 is 6.18 Å². The van der Waals surface area contributed by atoms with Gasteiger partial charge in [0.15, 0.2) is 0 Å². The van der Waals surface area contributed by atoms with Crippen molar-refractivity contribution in [3.05, 3.63) is 22.0 Å². The minimum Gasteiger partial charge on any atom is -0.290 e. The number of aromatic nitrogens is 4. The molecule has 2 aromatic heterocycles. The highest BCUT2D eigenvalue weighted by molar-refractivity contribution is 7.15. The van der Waals surface area contributed by atoms with E-state index in [-0.39, 0.29) is 12.3 Å². The van der Waals surface area contributed by atoms with Gasteiger partial charge in [-0.15, -0.1) is 10.2 Å². The third-order valence-corrected chi connectivity index (χ3v) is 4.28. The van der Waals surface area contributed by atoms with Crippen molar-refractivity contribution in [3.63, 3.8) is 0 Å². The van der Waals surface area contributed by atoms with E-state index in [0.29, 0.717) is 22.1 Å². The number of likely N-dealkylation sites (N-methyl/N-ethyl adjacent to an activating group) is 1. The molecule has 0 bridgehead atoms. The van der Waals surface area contributed by atoms with Crippen LogP contribution in [-0.2, 0) is 17.8 Å². The van der Waals surface area contributed by atoms with Crippen molar-refractivity contribution >= 4 is 22.4 Å². The predicted molar refractivity (Wildman–Crippen MR) is 79.5 cm³/mol. The summed E-state index contributed by atoms with van der Waals surface area (Å²) in [5, 5.41) is 12.8. The van der Waals surface area contributed by atoms with Gasteiger partial charge in [-0.25, -0.2) is 0 Å². The molecule has 0 unspecified atom stereocenters. The summed E-state index contributed by atoms with van der Waals surface area (Å²) in [5.41, 5.74) is 1.27. The number of alkyl halides is 3. The number of nitrogens with zero attached hydrogens (tertiary/aromatic N) is 5. The Morgan fingerprint density at radius 2 is 1.91 bits per heavy atom. The van der Waals surface area contributed by atoms with Crippen LogP contribution in [0.4, 0.5) is 18.3 Å². The van der Waals surface area contributed by atoms with Crippen molar-refractivity contribution in [1.82, 2.24) is 20.0 Å². The van der Waals surface area contributed by atoms with Crippen LogP contribution in [-0.4, -0.2) is 39.1 Å². The highest BCUT2D eigenvalue weighted by Crippen LogP contribution is 2.23. The molecule has 0 aliphatic carbocycles. The Morgan fingerprint density at radius 1 is 1.26 bits per heavy atom. The average molecular weight is 347 g/mol. The molecule has 10 heteroatoms. The van der Waals surface area contributed by atoms with Gasteiger partial charge in [0.2, 0.25) is 11.0 Å². The molecule has 0 spiro atoms. The topological polar surface area (TPSA) is 63.9 Å². The Kier molecular flexibility index (Phi) is 4.73. The van der Waals surface area contributed by atoms with Gasteiger partial charge in [-0.05, 0) is 20.8 Å². The lowest BCUT2D eigenvalue weighted by Crippen LogP contribution is -2.28. The Morgan fingerprint density at radius 3 is 2.43 bits per heavy atom. The molecule has 2 aromatic rings. The van der Waals surface area contributed by atoms with Gasteiger partial charge in [0.25, 0.3) is 0 Å². The monoisotopic (exact) mass is 347 g/mol. The van der Waals surface area contributed by atoms with Gasteiger partial charge in [-0.1, -0.05) is 11.3 Å². The third-order valence-electron chi connectivity index (χ3n) is 3.36. The SMILES string of the molecule is Cc1nnc(N(C)C(=O)Cc2c(C)nn(CC(F)(F)F)c2C)s1. The lowest BCUT2D eigenvalue weighted by Gasteiger charge is -2.13. The molecule has 6 nitrogen and oxygen atoms in total. The zero-order chi connectivity index (χ0) is 17.4. The van der Waals surface area contributed by atoms with Crippen molar-refractivity contribution in [2.75, 3.05) is 11.9 Å². The number of aryl methyl sites for hydroxylation is 2. The van der Waals surface area contributed by atoms with E-state index in [4.69, 9.17) is 0 Å². The summed E-state index contributed by atoms with van der Waals surface area (Å²) in [6, 6.07) is 0. The molecule has 0 aromatic carbocycles. The molecule has 23 heavy (non-hydrogen) atoms. The van der Waals surface area contributed by atoms with Crippen molar-refractivity contribution in [3.8, 4) is 0 Å². The normalized spacial score (nSPS) is 11.8. The van der Waals surface area contributed by atoms with Crippen LogP contribution in [0.5, 0.6) is 0 Å². The predicted octanol–water partition coefficient (Wildman–Crippen LogP) is 2.43. The van der Waals surface area contributed by atoms with E-state index >= 15 is 0 Å². The molecule has 0 aliphatic heterocycles. The van der Waals surface area contributed by atoms with E-state index in [1.165, 1.54) is 23.2 Å². The maximum absolute atomic E-state index is 12.5. The molecule has 0 saturated carbocycles. The van der Waals surface area contributed by atoms with Gasteiger partial charge in [0.05, 0.1) is 12.1 Å². The highest BCUT2D eigenvalue weighted by atomic mass is 32.1. The van der Waals surface area contributed by atoms with E-state index < -0.39 is 12.7 Å². The van der Waals surface area contributed by atoms with Gasteiger partial charge in [-0.3, -0.25) is 14.4 Å². The molecule has 126 valence electrons. The Labute approximate surface area is 134 Å². The van der Waals surface area contributed by atoms with Crippen LogP contribution in [0.1, 0.15) is 22.0 Å². The second kappa shape index (κ2) is 6.26. The van der Waals surface area contributed by atoms with Gasteiger partial charge in [0, 0.05) is 18.3 Å². The zero-order valence-corrected chi connectivity index (χ0v) is 13.9. The minimum absolute atomic E-state index is 0.0371. The van der Waals surface area contributed by atoms with Crippen molar-refractivity contribution < 1.29 is 18.0 Å². The number of halogens is 3. The quantitative estimate of drug-likeness (QED) is 0.852. The van der Waals surface area contributed by atoms with Crippen LogP contribution >= 0.6 is 11.3 Å². The second-order valence-corrected chi connectivity index (χ2v) is 6.32. The molecule has 2 rings (SSSR count). The number of amides is 1. The first kappa shape index (κ1) is 17.4. The van der Waals surface area contributed by atoms with Crippen LogP contribution in [0.2, 0.25) is 0 Å². The summed E-state index contributed by atoms with van der Waals surface area (Å²) in [5.74, 6) is -0.279. The minimum atomic E-state index is -4.36. The van der Waals surface area contributed by atoms with E-state index in [0.717, 1.165) is 9.69 Å². The smallest absolute Gasteiger partial charge is 0.290 e. The third kappa shape index (κ3) is 4.06. The fourth-order valence-corrected chi connectivity index (χ4v) is 2.78. The van der Waals surface area contributed by atoms with E-state index in [1.54, 1.807) is 20.9 Å². The number of carbonyl (C=O) groups excluding carboxylic acids is 1. The number of hydrogen-bond acceptors (Lipinski definition) is 5. The molecule has 0 aliphatic rings. The number of rotatable bonds is 4. The number of carbonyl (C=O) groups is 1. The average Bonchev–Trinajstić information content (AvgIpc) is 2.96. The summed E-state index contributed by atoms with van der Waals surface area (Å²) in [7, 11) is 1.56. The summed E-state index contributed by atoms with van der Waals surface area (Å²) < 4.78 is 38.5. The Bertz CT molecular complexity index is 722. The standard InChI is InChI=1S/C13H16F3N5OS/c1-7-10(8(2)21(19-7)6-13(14,15)16)5-11(22)20(4)12-18-17-9(3)23-12/h5-6H2,1-4H3. The molecule has 0 saturated heterocycles. The lowest BCUT2D eigenvalue weighted by molar-refractivity contribution is -0.142. The van der Waals surface area contributed by atoms with Crippen LogP contribution in [0.15, 0.2) is 0 Å². The molecule has 0 N–H and O–H groups in total. The molecular formula is C13H16F3N5OS.